The van der Waals surface area contributed by atoms with Crippen molar-refractivity contribution in [3.05, 3.63) is 29.3 Å². The summed E-state index contributed by atoms with van der Waals surface area (Å²) in [4.78, 5) is 11.6. The molecule has 1 aromatic rings. The molecule has 1 amide bonds. The maximum Gasteiger partial charge on any atom is 0.258 e. The van der Waals surface area contributed by atoms with E-state index in [9.17, 15) is 4.79 Å². The minimum Gasteiger partial charge on any atom is -0.484 e. The largest absolute Gasteiger partial charge is 0.484 e. The van der Waals surface area contributed by atoms with E-state index < -0.39 is 0 Å². The lowest BCUT2D eigenvalue weighted by Gasteiger charge is -2.38. The summed E-state index contributed by atoms with van der Waals surface area (Å²) in [5.74, 6) is 0.474. The van der Waals surface area contributed by atoms with Gasteiger partial charge in [0.25, 0.3) is 5.91 Å². The normalized spacial score (nSPS) is 15.9. The van der Waals surface area contributed by atoms with Gasteiger partial charge in [-0.05, 0) is 43.5 Å². The van der Waals surface area contributed by atoms with Crippen LogP contribution in [0.15, 0.2) is 24.3 Å². The van der Waals surface area contributed by atoms with Gasteiger partial charge in [-0.3, -0.25) is 4.79 Å². The number of nitrogens with two attached hydrogens (primary N) is 1. The Labute approximate surface area is 124 Å². The summed E-state index contributed by atoms with van der Waals surface area (Å²) in [6.07, 6.45) is 3.10. The van der Waals surface area contributed by atoms with Crippen LogP contribution in [0.4, 0.5) is 0 Å². The number of nitrogens with one attached hydrogen (secondary N) is 1. The first-order valence-electron chi connectivity index (χ1n) is 6.01. The van der Waals surface area contributed by atoms with E-state index in [-0.39, 0.29) is 30.5 Å². The fourth-order valence-electron chi connectivity index (χ4n) is 1.81. The van der Waals surface area contributed by atoms with Crippen molar-refractivity contribution in [2.24, 2.45) is 5.73 Å². The Bertz CT molecular complexity index is 419. The van der Waals surface area contributed by atoms with Gasteiger partial charge in [-0.15, -0.1) is 12.4 Å². The van der Waals surface area contributed by atoms with Crippen molar-refractivity contribution in [3.63, 3.8) is 0 Å². The van der Waals surface area contributed by atoms with Crippen LogP contribution in [0.25, 0.3) is 0 Å². The number of ether oxygens (including phenoxy) is 1. The van der Waals surface area contributed by atoms with Gasteiger partial charge in [-0.25, -0.2) is 0 Å². The van der Waals surface area contributed by atoms with Crippen LogP contribution in [0.2, 0.25) is 5.02 Å². The molecule has 1 aromatic carbocycles. The second kappa shape index (κ2) is 6.98. The third kappa shape index (κ3) is 4.90. The standard InChI is InChI=1S/C13H17ClN2O2.ClH/c14-10-2-4-11(5-3-10)18-8-12(17)16-9-13(15)6-1-7-13;/h2-5H,1,6-9,15H2,(H,16,17);1H. The molecule has 1 fully saturated rings. The van der Waals surface area contributed by atoms with Crippen molar-refractivity contribution in [2.75, 3.05) is 13.2 Å². The quantitative estimate of drug-likeness (QED) is 0.876. The summed E-state index contributed by atoms with van der Waals surface area (Å²) < 4.78 is 5.33. The Balaban J connectivity index is 0.00000180. The summed E-state index contributed by atoms with van der Waals surface area (Å²) in [6, 6.07) is 6.90. The van der Waals surface area contributed by atoms with Gasteiger partial charge in [0.05, 0.1) is 0 Å². The Morgan fingerprint density at radius 2 is 2.00 bits per heavy atom. The van der Waals surface area contributed by atoms with Crippen LogP contribution < -0.4 is 15.8 Å². The molecule has 0 bridgehead atoms. The number of amides is 1. The molecule has 19 heavy (non-hydrogen) atoms. The van der Waals surface area contributed by atoms with Crippen molar-refractivity contribution >= 4 is 29.9 Å². The Kier molecular flexibility index (Phi) is 5.91. The molecule has 6 heteroatoms. The Hall–Kier alpha value is -0.970. The molecule has 1 aliphatic carbocycles. The Morgan fingerprint density at radius 3 is 2.53 bits per heavy atom. The molecular formula is C13H18Cl2N2O2. The summed E-state index contributed by atoms with van der Waals surface area (Å²) in [7, 11) is 0. The lowest BCUT2D eigenvalue weighted by atomic mass is 9.78. The van der Waals surface area contributed by atoms with Crippen molar-refractivity contribution in [2.45, 2.75) is 24.8 Å². The number of hydrogen-bond donors (Lipinski definition) is 2. The zero-order chi connectivity index (χ0) is 13.0. The second-order valence-electron chi connectivity index (χ2n) is 4.74. The van der Waals surface area contributed by atoms with Gasteiger partial charge in [0, 0.05) is 17.1 Å². The molecule has 0 heterocycles. The molecule has 0 aliphatic heterocycles. The molecular weight excluding hydrogens is 287 g/mol. The average Bonchev–Trinajstić information content (AvgIpc) is 2.33. The van der Waals surface area contributed by atoms with E-state index in [2.05, 4.69) is 5.32 Å². The molecule has 3 N–H and O–H groups in total. The van der Waals surface area contributed by atoms with Crippen LogP contribution >= 0.6 is 24.0 Å². The molecule has 0 unspecified atom stereocenters. The molecule has 2 rings (SSSR count). The van der Waals surface area contributed by atoms with Crippen LogP contribution in [-0.4, -0.2) is 24.6 Å². The zero-order valence-electron chi connectivity index (χ0n) is 10.5. The van der Waals surface area contributed by atoms with Crippen molar-refractivity contribution in [1.29, 1.82) is 0 Å². The summed E-state index contributed by atoms with van der Waals surface area (Å²) in [6.45, 7) is 0.521. The van der Waals surface area contributed by atoms with Gasteiger partial charge in [-0.1, -0.05) is 11.6 Å². The molecule has 4 nitrogen and oxygen atoms in total. The SMILES string of the molecule is Cl.NC1(CNC(=O)COc2ccc(Cl)cc2)CCC1. The fourth-order valence-corrected chi connectivity index (χ4v) is 1.94. The van der Waals surface area contributed by atoms with E-state index in [1.54, 1.807) is 24.3 Å². The van der Waals surface area contributed by atoms with Gasteiger partial charge < -0.3 is 15.8 Å². The first-order valence-corrected chi connectivity index (χ1v) is 6.39. The summed E-state index contributed by atoms with van der Waals surface area (Å²) in [5, 5.41) is 3.43. The topological polar surface area (TPSA) is 64.3 Å². The van der Waals surface area contributed by atoms with Gasteiger partial charge >= 0.3 is 0 Å². The third-order valence-electron chi connectivity index (χ3n) is 3.17. The minimum absolute atomic E-state index is 0. The molecule has 0 atom stereocenters. The van der Waals surface area contributed by atoms with Gasteiger partial charge in [0.2, 0.25) is 0 Å². The van der Waals surface area contributed by atoms with E-state index in [1.165, 1.54) is 0 Å². The van der Waals surface area contributed by atoms with Gasteiger partial charge in [0.15, 0.2) is 6.61 Å². The zero-order valence-corrected chi connectivity index (χ0v) is 12.1. The van der Waals surface area contributed by atoms with Crippen LogP contribution in [0, 0.1) is 0 Å². The van der Waals surface area contributed by atoms with Crippen LogP contribution in [-0.2, 0) is 4.79 Å². The number of rotatable bonds is 5. The summed E-state index contributed by atoms with van der Waals surface area (Å²) in [5.41, 5.74) is 5.81. The Morgan fingerprint density at radius 1 is 1.37 bits per heavy atom. The van der Waals surface area contributed by atoms with Crippen molar-refractivity contribution < 1.29 is 9.53 Å². The lowest BCUT2D eigenvalue weighted by molar-refractivity contribution is -0.123. The molecule has 106 valence electrons. The third-order valence-corrected chi connectivity index (χ3v) is 3.42. The highest BCUT2D eigenvalue weighted by atomic mass is 35.5. The predicted octanol–water partition coefficient (Wildman–Crippen LogP) is 2.14. The molecule has 0 spiro atoms. The summed E-state index contributed by atoms with van der Waals surface area (Å²) >= 11 is 5.75. The van der Waals surface area contributed by atoms with E-state index in [0.29, 0.717) is 17.3 Å². The highest BCUT2D eigenvalue weighted by Crippen LogP contribution is 2.27. The fraction of sp³-hybridized carbons (Fsp3) is 0.462. The van der Waals surface area contributed by atoms with Crippen molar-refractivity contribution in [1.82, 2.24) is 5.32 Å². The maximum absolute atomic E-state index is 11.6. The van der Waals surface area contributed by atoms with Gasteiger partial charge in [0.1, 0.15) is 5.75 Å². The monoisotopic (exact) mass is 304 g/mol. The molecule has 0 saturated heterocycles. The van der Waals surface area contributed by atoms with Crippen LogP contribution in [0.1, 0.15) is 19.3 Å². The number of carbonyl (C=O) groups is 1. The van der Waals surface area contributed by atoms with E-state index in [0.717, 1.165) is 19.3 Å². The smallest absolute Gasteiger partial charge is 0.258 e. The first-order chi connectivity index (χ1) is 8.57. The van der Waals surface area contributed by atoms with Gasteiger partial charge in [-0.2, -0.15) is 0 Å². The predicted molar refractivity (Wildman–Crippen MR) is 78.0 cm³/mol. The lowest BCUT2D eigenvalue weighted by Crippen LogP contribution is -2.55. The van der Waals surface area contributed by atoms with Crippen LogP contribution in [0.3, 0.4) is 0 Å². The number of hydrogen-bond acceptors (Lipinski definition) is 3. The van der Waals surface area contributed by atoms with E-state index in [1.807, 2.05) is 0 Å². The average molecular weight is 305 g/mol. The molecule has 0 aromatic heterocycles. The minimum atomic E-state index is -0.198. The molecule has 1 saturated carbocycles. The van der Waals surface area contributed by atoms with E-state index >= 15 is 0 Å². The second-order valence-corrected chi connectivity index (χ2v) is 5.17. The molecule has 0 radical (unpaired) electrons. The first kappa shape index (κ1) is 16.1. The number of halogens is 2. The highest BCUT2D eigenvalue weighted by molar-refractivity contribution is 6.30. The van der Waals surface area contributed by atoms with Crippen LogP contribution in [0.5, 0.6) is 5.75 Å². The molecule has 1 aliphatic rings. The maximum atomic E-state index is 11.6. The van der Waals surface area contributed by atoms with E-state index in [4.69, 9.17) is 22.1 Å². The number of carbonyl (C=O) groups excluding carboxylic acids is 1. The number of benzene rings is 1. The highest BCUT2D eigenvalue weighted by Gasteiger charge is 2.32. The van der Waals surface area contributed by atoms with Crippen molar-refractivity contribution in [3.8, 4) is 5.75 Å².